The molecule has 10 heavy (non-hydrogen) atoms. The third kappa shape index (κ3) is 1.31. The van der Waals surface area contributed by atoms with Gasteiger partial charge in [-0.25, -0.2) is 0 Å². The number of carbonyl (C=O) groups excluding carboxylic acids is 1. The summed E-state index contributed by atoms with van der Waals surface area (Å²) in [5.41, 5.74) is 0. The Labute approximate surface area is 62.0 Å². The zero-order valence-electron chi connectivity index (χ0n) is 6.85. The molecule has 0 saturated heterocycles. The van der Waals surface area contributed by atoms with Gasteiger partial charge in [0, 0.05) is 13.0 Å². The highest BCUT2D eigenvalue weighted by Crippen LogP contribution is 2.43. The van der Waals surface area contributed by atoms with Gasteiger partial charge in [-0.3, -0.25) is 4.79 Å². The molecule has 0 bridgehead atoms. The molecule has 0 aromatic carbocycles. The highest BCUT2D eigenvalue weighted by atomic mass is 16.1. The second kappa shape index (κ2) is 2.60. The molecule has 0 spiro atoms. The molecule has 2 nitrogen and oxygen atoms in total. The zero-order chi connectivity index (χ0) is 7.72. The van der Waals surface area contributed by atoms with Gasteiger partial charge in [0.15, 0.2) is 0 Å². The maximum Gasteiger partial charge on any atom is 0.223 e. The summed E-state index contributed by atoms with van der Waals surface area (Å²) in [5, 5.41) is 2.67. The summed E-state index contributed by atoms with van der Waals surface area (Å²) in [4.78, 5) is 11.0. The lowest BCUT2D eigenvalue weighted by molar-refractivity contribution is -0.122. The van der Waals surface area contributed by atoms with E-state index in [9.17, 15) is 4.79 Å². The maximum absolute atomic E-state index is 11.0. The normalized spacial score (nSPS) is 30.4. The first-order valence-corrected chi connectivity index (χ1v) is 3.88. The van der Waals surface area contributed by atoms with Gasteiger partial charge in [-0.15, -0.1) is 0 Å². The summed E-state index contributed by atoms with van der Waals surface area (Å²) in [6.07, 6.45) is 1.09. The Bertz CT molecular complexity index is 142. The molecule has 1 fully saturated rings. The first-order chi connectivity index (χ1) is 4.66. The minimum Gasteiger partial charge on any atom is -0.359 e. The van der Waals surface area contributed by atoms with Crippen LogP contribution < -0.4 is 5.32 Å². The second-order valence-electron chi connectivity index (χ2n) is 3.36. The van der Waals surface area contributed by atoms with Crippen molar-refractivity contribution in [2.24, 2.45) is 17.8 Å². The van der Waals surface area contributed by atoms with E-state index in [-0.39, 0.29) is 5.91 Å². The molecule has 1 aliphatic rings. The largest absolute Gasteiger partial charge is 0.359 e. The van der Waals surface area contributed by atoms with Crippen molar-refractivity contribution in [1.29, 1.82) is 0 Å². The molecule has 58 valence electrons. The molecule has 0 aromatic heterocycles. The molecular formula is C8H15NO. The molecule has 0 heterocycles. The summed E-state index contributed by atoms with van der Waals surface area (Å²) in [7, 11) is 1.71. The van der Waals surface area contributed by atoms with E-state index in [1.165, 1.54) is 0 Å². The van der Waals surface area contributed by atoms with E-state index in [1.807, 2.05) is 0 Å². The van der Waals surface area contributed by atoms with E-state index in [4.69, 9.17) is 0 Å². The lowest BCUT2D eigenvalue weighted by atomic mass is 10.1. The van der Waals surface area contributed by atoms with Gasteiger partial charge in [0.25, 0.3) is 0 Å². The highest BCUT2D eigenvalue weighted by molar-refractivity contribution is 5.81. The highest BCUT2D eigenvalue weighted by Gasteiger charge is 2.43. The summed E-state index contributed by atoms with van der Waals surface area (Å²) >= 11 is 0. The maximum atomic E-state index is 11.0. The van der Waals surface area contributed by atoms with Crippen LogP contribution in [-0.2, 0) is 4.79 Å². The van der Waals surface area contributed by atoms with Crippen molar-refractivity contribution in [1.82, 2.24) is 5.32 Å². The van der Waals surface area contributed by atoms with Crippen LogP contribution in [-0.4, -0.2) is 13.0 Å². The minimum absolute atomic E-state index is 0.221. The van der Waals surface area contributed by atoms with E-state index in [1.54, 1.807) is 7.05 Å². The Morgan fingerprint density at radius 1 is 1.60 bits per heavy atom. The number of amides is 1. The molecule has 0 aromatic rings. The molecule has 1 amide bonds. The lowest BCUT2D eigenvalue weighted by Crippen LogP contribution is -2.21. The Morgan fingerprint density at radius 2 is 2.20 bits per heavy atom. The van der Waals surface area contributed by atoms with Crippen molar-refractivity contribution in [3.63, 3.8) is 0 Å². The number of hydrogen-bond acceptors (Lipinski definition) is 1. The van der Waals surface area contributed by atoms with Crippen LogP contribution in [0.5, 0.6) is 0 Å². The van der Waals surface area contributed by atoms with Crippen LogP contribution in [0.1, 0.15) is 20.3 Å². The van der Waals surface area contributed by atoms with Crippen LogP contribution in [0.4, 0.5) is 0 Å². The predicted octanol–water partition coefficient (Wildman–Crippen LogP) is 1.02. The summed E-state index contributed by atoms with van der Waals surface area (Å²) in [6.45, 7) is 4.35. The number of rotatable bonds is 2. The van der Waals surface area contributed by atoms with Crippen molar-refractivity contribution in [2.45, 2.75) is 20.3 Å². The van der Waals surface area contributed by atoms with Crippen LogP contribution in [0.3, 0.4) is 0 Å². The van der Waals surface area contributed by atoms with Gasteiger partial charge < -0.3 is 5.32 Å². The Morgan fingerprint density at radius 3 is 2.50 bits per heavy atom. The van der Waals surface area contributed by atoms with Crippen LogP contribution in [0.15, 0.2) is 0 Å². The molecule has 0 radical (unpaired) electrons. The fourth-order valence-electron chi connectivity index (χ4n) is 1.44. The average Bonchev–Trinajstić information content (AvgIpc) is 2.64. The van der Waals surface area contributed by atoms with Crippen molar-refractivity contribution in [3.05, 3.63) is 0 Å². The fourth-order valence-corrected chi connectivity index (χ4v) is 1.44. The first kappa shape index (κ1) is 7.58. The lowest BCUT2D eigenvalue weighted by Gasteiger charge is -2.01. The Kier molecular flexibility index (Phi) is 1.97. The number of hydrogen-bond donors (Lipinski definition) is 1. The topological polar surface area (TPSA) is 29.1 Å². The third-order valence-electron chi connectivity index (χ3n) is 2.28. The van der Waals surface area contributed by atoms with Crippen LogP contribution in [0.25, 0.3) is 0 Å². The standard InChI is InChI=1S/C8H15NO/c1-5(2)6-4-7(6)8(10)9-3/h5-7H,4H2,1-3H3,(H,9,10)/t6-,7-/m0/s1. The summed E-state index contributed by atoms with van der Waals surface area (Å²) < 4.78 is 0. The fraction of sp³-hybridized carbons (Fsp3) is 0.875. The van der Waals surface area contributed by atoms with Crippen LogP contribution >= 0.6 is 0 Å². The third-order valence-corrected chi connectivity index (χ3v) is 2.28. The molecule has 1 rings (SSSR count). The van der Waals surface area contributed by atoms with Gasteiger partial charge in [0.1, 0.15) is 0 Å². The zero-order valence-corrected chi connectivity index (χ0v) is 6.85. The smallest absolute Gasteiger partial charge is 0.223 e. The monoisotopic (exact) mass is 141 g/mol. The van der Waals surface area contributed by atoms with Gasteiger partial charge >= 0.3 is 0 Å². The molecule has 0 aliphatic heterocycles. The molecule has 2 heteroatoms. The van der Waals surface area contributed by atoms with Gasteiger partial charge in [-0.1, -0.05) is 13.8 Å². The van der Waals surface area contributed by atoms with Crippen molar-refractivity contribution >= 4 is 5.91 Å². The molecule has 0 unspecified atom stereocenters. The second-order valence-corrected chi connectivity index (χ2v) is 3.36. The van der Waals surface area contributed by atoms with Gasteiger partial charge in [-0.05, 0) is 18.3 Å². The number of carbonyl (C=O) groups is 1. The van der Waals surface area contributed by atoms with E-state index < -0.39 is 0 Å². The van der Waals surface area contributed by atoms with E-state index in [2.05, 4.69) is 19.2 Å². The SMILES string of the molecule is CNC(=O)[C@H]1C[C@H]1C(C)C. The molecule has 2 atom stereocenters. The first-order valence-electron chi connectivity index (χ1n) is 3.88. The van der Waals surface area contributed by atoms with Gasteiger partial charge in [-0.2, -0.15) is 0 Å². The van der Waals surface area contributed by atoms with Crippen LogP contribution in [0.2, 0.25) is 0 Å². The predicted molar refractivity (Wildman–Crippen MR) is 40.5 cm³/mol. The van der Waals surface area contributed by atoms with Crippen molar-refractivity contribution in [2.75, 3.05) is 7.05 Å². The quantitative estimate of drug-likeness (QED) is 0.611. The van der Waals surface area contributed by atoms with Crippen molar-refractivity contribution < 1.29 is 4.79 Å². The minimum atomic E-state index is 0.221. The van der Waals surface area contributed by atoms with Crippen molar-refractivity contribution in [3.8, 4) is 0 Å². The van der Waals surface area contributed by atoms with E-state index in [0.717, 1.165) is 6.42 Å². The molecular weight excluding hydrogens is 126 g/mol. The Balaban J connectivity index is 2.31. The van der Waals surface area contributed by atoms with Gasteiger partial charge in [0.2, 0.25) is 5.91 Å². The molecule has 1 aliphatic carbocycles. The Hall–Kier alpha value is -0.530. The van der Waals surface area contributed by atoms with Gasteiger partial charge in [0.05, 0.1) is 0 Å². The summed E-state index contributed by atoms with van der Waals surface area (Å²) in [6, 6.07) is 0. The average molecular weight is 141 g/mol. The van der Waals surface area contributed by atoms with Crippen LogP contribution in [0, 0.1) is 17.8 Å². The molecule has 1 N–H and O–H groups in total. The summed E-state index contributed by atoms with van der Waals surface area (Å²) in [5.74, 6) is 1.87. The van der Waals surface area contributed by atoms with E-state index in [0.29, 0.717) is 17.8 Å². The molecule has 1 saturated carbocycles. The number of nitrogens with one attached hydrogen (secondary N) is 1. The van der Waals surface area contributed by atoms with E-state index >= 15 is 0 Å².